The van der Waals surface area contributed by atoms with Crippen LogP contribution in [0.15, 0.2) is 30.3 Å². The summed E-state index contributed by atoms with van der Waals surface area (Å²) >= 11 is 0. The average molecular weight is 256 g/mol. The van der Waals surface area contributed by atoms with E-state index in [1.165, 1.54) is 0 Å². The maximum absolute atomic E-state index is 8.89. The Bertz CT molecular complexity index is 552. The van der Waals surface area contributed by atoms with E-state index < -0.39 is 0 Å². The summed E-state index contributed by atoms with van der Waals surface area (Å²) in [5.74, 6) is 0. The third-order valence-corrected chi connectivity index (χ3v) is 3.16. The van der Waals surface area contributed by atoms with Gasteiger partial charge in [-0.1, -0.05) is 19.1 Å². The van der Waals surface area contributed by atoms with E-state index in [9.17, 15) is 0 Å². The molecule has 0 spiro atoms. The van der Waals surface area contributed by atoms with Gasteiger partial charge in [0.05, 0.1) is 11.4 Å². The highest BCUT2D eigenvalue weighted by Crippen LogP contribution is 2.20. The molecule has 0 bridgehead atoms. The fourth-order valence-electron chi connectivity index (χ4n) is 2.04. The molecule has 1 N–H and O–H groups in total. The van der Waals surface area contributed by atoms with E-state index in [-0.39, 0.29) is 6.61 Å². The van der Waals surface area contributed by atoms with Gasteiger partial charge in [-0.25, -0.2) is 0 Å². The molecule has 0 aliphatic rings. The third-order valence-electron chi connectivity index (χ3n) is 3.16. The molecule has 0 radical (unpaired) electrons. The van der Waals surface area contributed by atoms with Crippen LogP contribution in [0.3, 0.4) is 0 Å². The van der Waals surface area contributed by atoms with Crippen molar-refractivity contribution in [1.82, 2.24) is 9.97 Å². The van der Waals surface area contributed by atoms with Crippen molar-refractivity contribution in [2.45, 2.75) is 33.1 Å². The van der Waals surface area contributed by atoms with Crippen molar-refractivity contribution < 1.29 is 5.11 Å². The van der Waals surface area contributed by atoms with E-state index in [1.807, 2.05) is 18.2 Å². The number of aliphatic hydroxyl groups excluding tert-OH is 1. The molecule has 0 fully saturated rings. The zero-order valence-electron chi connectivity index (χ0n) is 11.6. The first-order chi connectivity index (χ1) is 9.24. The third kappa shape index (κ3) is 3.38. The summed E-state index contributed by atoms with van der Waals surface area (Å²) in [4.78, 5) is 9.31. The SMILES string of the molecule is CCc1ccc(C)c(-c2cccc(CCCO)n2)n1. The molecule has 0 aliphatic carbocycles. The monoisotopic (exact) mass is 256 g/mol. The van der Waals surface area contributed by atoms with Gasteiger partial charge in [-0.2, -0.15) is 0 Å². The van der Waals surface area contributed by atoms with Gasteiger partial charge in [-0.15, -0.1) is 0 Å². The van der Waals surface area contributed by atoms with Crippen molar-refractivity contribution >= 4 is 0 Å². The van der Waals surface area contributed by atoms with Crippen molar-refractivity contribution in [3.63, 3.8) is 0 Å². The van der Waals surface area contributed by atoms with Gasteiger partial charge in [0.15, 0.2) is 0 Å². The lowest BCUT2D eigenvalue weighted by atomic mass is 10.1. The number of hydrogen-bond acceptors (Lipinski definition) is 3. The zero-order chi connectivity index (χ0) is 13.7. The molecule has 2 aromatic heterocycles. The molecule has 0 aromatic carbocycles. The van der Waals surface area contributed by atoms with E-state index in [0.29, 0.717) is 0 Å². The van der Waals surface area contributed by atoms with Crippen molar-refractivity contribution in [3.05, 3.63) is 47.3 Å². The number of rotatable bonds is 5. The van der Waals surface area contributed by atoms with Crippen LogP contribution in [0.5, 0.6) is 0 Å². The highest BCUT2D eigenvalue weighted by atomic mass is 16.2. The fourth-order valence-corrected chi connectivity index (χ4v) is 2.04. The highest BCUT2D eigenvalue weighted by molar-refractivity contribution is 5.58. The van der Waals surface area contributed by atoms with E-state index in [1.54, 1.807) is 0 Å². The lowest BCUT2D eigenvalue weighted by Gasteiger charge is -2.08. The van der Waals surface area contributed by atoms with Crippen LogP contribution in [-0.2, 0) is 12.8 Å². The van der Waals surface area contributed by atoms with Crippen LogP contribution in [0.25, 0.3) is 11.4 Å². The van der Waals surface area contributed by atoms with E-state index >= 15 is 0 Å². The topological polar surface area (TPSA) is 46.0 Å². The summed E-state index contributed by atoms with van der Waals surface area (Å²) in [5.41, 5.74) is 5.12. The first-order valence-corrected chi connectivity index (χ1v) is 6.78. The minimum Gasteiger partial charge on any atom is -0.396 e. The second-order valence-corrected chi connectivity index (χ2v) is 4.66. The molecule has 0 atom stereocenters. The molecule has 2 heterocycles. The Morgan fingerprint density at radius 3 is 2.63 bits per heavy atom. The largest absolute Gasteiger partial charge is 0.396 e. The maximum atomic E-state index is 8.89. The van der Waals surface area contributed by atoms with Crippen molar-refractivity contribution in [3.8, 4) is 11.4 Å². The van der Waals surface area contributed by atoms with Gasteiger partial charge in [0.1, 0.15) is 0 Å². The Balaban J connectivity index is 2.35. The van der Waals surface area contributed by atoms with Gasteiger partial charge in [0.2, 0.25) is 0 Å². The number of pyridine rings is 2. The molecule has 19 heavy (non-hydrogen) atoms. The predicted octanol–water partition coefficient (Wildman–Crippen LogP) is 2.94. The fraction of sp³-hybridized carbons (Fsp3) is 0.375. The molecular weight excluding hydrogens is 236 g/mol. The lowest BCUT2D eigenvalue weighted by molar-refractivity contribution is 0.288. The molecule has 2 rings (SSSR count). The number of aryl methyl sites for hydroxylation is 3. The number of aromatic nitrogens is 2. The summed E-state index contributed by atoms with van der Waals surface area (Å²) < 4.78 is 0. The molecule has 0 saturated heterocycles. The Labute approximate surface area is 114 Å². The van der Waals surface area contributed by atoms with Crippen LogP contribution >= 0.6 is 0 Å². The maximum Gasteiger partial charge on any atom is 0.0918 e. The van der Waals surface area contributed by atoms with Crippen LogP contribution < -0.4 is 0 Å². The summed E-state index contributed by atoms with van der Waals surface area (Å²) in [6.07, 6.45) is 2.48. The molecule has 2 aromatic rings. The van der Waals surface area contributed by atoms with Gasteiger partial charge < -0.3 is 5.11 Å². The number of aliphatic hydroxyl groups is 1. The van der Waals surface area contributed by atoms with Crippen molar-refractivity contribution in [2.75, 3.05) is 6.61 Å². The van der Waals surface area contributed by atoms with Gasteiger partial charge in [0.25, 0.3) is 0 Å². The van der Waals surface area contributed by atoms with E-state index in [2.05, 4.69) is 35.9 Å². The Kier molecular flexibility index (Phi) is 4.63. The quantitative estimate of drug-likeness (QED) is 0.894. The average Bonchev–Trinajstić information content (AvgIpc) is 2.46. The van der Waals surface area contributed by atoms with Crippen molar-refractivity contribution in [1.29, 1.82) is 0 Å². The second kappa shape index (κ2) is 6.43. The number of nitrogens with zero attached hydrogens (tertiary/aromatic N) is 2. The van der Waals surface area contributed by atoms with Crippen LogP contribution in [0.1, 0.15) is 30.3 Å². The van der Waals surface area contributed by atoms with Crippen LogP contribution in [-0.4, -0.2) is 21.7 Å². The lowest BCUT2D eigenvalue weighted by Crippen LogP contribution is -1.98. The summed E-state index contributed by atoms with van der Waals surface area (Å²) in [6.45, 7) is 4.37. The van der Waals surface area contributed by atoms with E-state index in [4.69, 9.17) is 5.11 Å². The molecule has 3 nitrogen and oxygen atoms in total. The minimum atomic E-state index is 0.203. The van der Waals surface area contributed by atoms with Gasteiger partial charge >= 0.3 is 0 Å². The Morgan fingerprint density at radius 2 is 1.89 bits per heavy atom. The summed E-state index contributed by atoms with van der Waals surface area (Å²) in [6, 6.07) is 10.2. The molecule has 0 amide bonds. The van der Waals surface area contributed by atoms with Gasteiger partial charge in [-0.05, 0) is 49.9 Å². The molecule has 0 unspecified atom stereocenters. The zero-order valence-corrected chi connectivity index (χ0v) is 11.6. The summed E-state index contributed by atoms with van der Waals surface area (Å²) in [7, 11) is 0. The standard InChI is InChI=1S/C16H20N2O/c1-3-13-10-9-12(2)16(18-13)15-8-4-6-14(17-15)7-5-11-19/h4,6,8-10,19H,3,5,7,11H2,1-2H3. The van der Waals surface area contributed by atoms with Crippen LogP contribution in [0.4, 0.5) is 0 Å². The van der Waals surface area contributed by atoms with Crippen molar-refractivity contribution in [2.24, 2.45) is 0 Å². The first kappa shape index (κ1) is 13.7. The molecule has 0 aliphatic heterocycles. The molecule has 100 valence electrons. The molecular formula is C16H20N2O. The molecule has 3 heteroatoms. The molecule has 0 saturated carbocycles. The predicted molar refractivity (Wildman–Crippen MR) is 77.0 cm³/mol. The Hall–Kier alpha value is -1.74. The van der Waals surface area contributed by atoms with Crippen LogP contribution in [0.2, 0.25) is 0 Å². The highest BCUT2D eigenvalue weighted by Gasteiger charge is 2.07. The minimum absolute atomic E-state index is 0.203. The van der Waals surface area contributed by atoms with Gasteiger partial charge in [-0.3, -0.25) is 9.97 Å². The first-order valence-electron chi connectivity index (χ1n) is 6.78. The number of hydrogen-bond donors (Lipinski definition) is 1. The normalized spacial score (nSPS) is 10.7. The van der Waals surface area contributed by atoms with Crippen LogP contribution in [0, 0.1) is 6.92 Å². The van der Waals surface area contributed by atoms with Gasteiger partial charge in [0, 0.05) is 18.0 Å². The summed E-state index contributed by atoms with van der Waals surface area (Å²) in [5, 5.41) is 8.89. The Morgan fingerprint density at radius 1 is 1.05 bits per heavy atom. The van der Waals surface area contributed by atoms with E-state index in [0.717, 1.165) is 47.6 Å². The second-order valence-electron chi connectivity index (χ2n) is 4.66. The smallest absolute Gasteiger partial charge is 0.0918 e.